The van der Waals surface area contributed by atoms with Gasteiger partial charge in [0.2, 0.25) is 0 Å². The second-order valence-electron chi connectivity index (χ2n) is 4.05. The lowest BCUT2D eigenvalue weighted by atomic mass is 10.2. The number of carboxylic acid groups (broad SMARTS) is 1. The maximum atomic E-state index is 11.8. The standard InChI is InChI=1S/C11H18N4O3/c1-4-9(10(16)17)15(3)11(18)12-5-8-6-13-14-7(8)2/h6,9H,4-5H2,1-3H3,(H,12,18)(H,13,14)(H,16,17). The Hall–Kier alpha value is -2.05. The van der Waals surface area contributed by atoms with E-state index in [1.54, 1.807) is 13.1 Å². The second-order valence-corrected chi connectivity index (χ2v) is 4.05. The summed E-state index contributed by atoms with van der Waals surface area (Å²) in [5.41, 5.74) is 1.75. The van der Waals surface area contributed by atoms with E-state index in [9.17, 15) is 9.59 Å². The van der Waals surface area contributed by atoms with Crippen LogP contribution in [0.2, 0.25) is 0 Å². The molecule has 0 fully saturated rings. The first-order chi connectivity index (χ1) is 8.47. The van der Waals surface area contributed by atoms with Crippen LogP contribution in [-0.2, 0) is 11.3 Å². The van der Waals surface area contributed by atoms with Gasteiger partial charge in [0.15, 0.2) is 0 Å². The Bertz CT molecular complexity index is 430. The number of likely N-dealkylation sites (N-methyl/N-ethyl adjacent to an activating group) is 1. The molecule has 0 bridgehead atoms. The van der Waals surface area contributed by atoms with Crippen LogP contribution < -0.4 is 5.32 Å². The number of amides is 2. The number of nitrogens with zero attached hydrogens (tertiary/aromatic N) is 2. The van der Waals surface area contributed by atoms with Crippen molar-refractivity contribution in [2.75, 3.05) is 7.05 Å². The van der Waals surface area contributed by atoms with Crippen LogP contribution in [0, 0.1) is 6.92 Å². The van der Waals surface area contributed by atoms with E-state index in [1.807, 2.05) is 6.92 Å². The van der Waals surface area contributed by atoms with E-state index in [4.69, 9.17) is 5.11 Å². The van der Waals surface area contributed by atoms with Gasteiger partial charge < -0.3 is 15.3 Å². The molecule has 0 spiro atoms. The highest BCUT2D eigenvalue weighted by atomic mass is 16.4. The van der Waals surface area contributed by atoms with Crippen LogP contribution in [0.5, 0.6) is 0 Å². The molecule has 1 heterocycles. The number of hydrogen-bond donors (Lipinski definition) is 3. The van der Waals surface area contributed by atoms with Crippen LogP contribution in [0.15, 0.2) is 6.20 Å². The molecule has 100 valence electrons. The number of nitrogens with one attached hydrogen (secondary N) is 2. The highest BCUT2D eigenvalue weighted by molar-refractivity contribution is 5.82. The molecule has 7 nitrogen and oxygen atoms in total. The molecule has 0 aliphatic carbocycles. The van der Waals surface area contributed by atoms with Crippen molar-refractivity contribution >= 4 is 12.0 Å². The molecule has 1 aromatic rings. The smallest absolute Gasteiger partial charge is 0.326 e. The molecule has 0 aliphatic heterocycles. The Kier molecular flexibility index (Phi) is 4.70. The van der Waals surface area contributed by atoms with Gasteiger partial charge in [-0.1, -0.05) is 6.92 Å². The Morgan fingerprint density at radius 2 is 2.28 bits per heavy atom. The van der Waals surface area contributed by atoms with Gasteiger partial charge in [-0.25, -0.2) is 9.59 Å². The highest BCUT2D eigenvalue weighted by Gasteiger charge is 2.24. The third-order valence-corrected chi connectivity index (χ3v) is 2.82. The molecule has 0 aromatic carbocycles. The van der Waals surface area contributed by atoms with E-state index in [-0.39, 0.29) is 0 Å². The number of rotatable bonds is 5. The van der Waals surface area contributed by atoms with E-state index in [1.165, 1.54) is 11.9 Å². The van der Waals surface area contributed by atoms with E-state index in [2.05, 4.69) is 15.5 Å². The van der Waals surface area contributed by atoms with Gasteiger partial charge in [0, 0.05) is 24.8 Å². The first-order valence-electron chi connectivity index (χ1n) is 5.69. The first-order valence-corrected chi connectivity index (χ1v) is 5.69. The van der Waals surface area contributed by atoms with E-state index >= 15 is 0 Å². The van der Waals surface area contributed by atoms with E-state index in [0.29, 0.717) is 13.0 Å². The average Bonchev–Trinajstić information content (AvgIpc) is 2.72. The molecule has 0 saturated carbocycles. The molecule has 1 aromatic heterocycles. The number of aromatic nitrogens is 2. The SMILES string of the molecule is CCC(C(=O)O)N(C)C(=O)NCc1cn[nH]c1C. The Morgan fingerprint density at radius 3 is 2.72 bits per heavy atom. The minimum atomic E-state index is -1.00. The molecule has 0 saturated heterocycles. The lowest BCUT2D eigenvalue weighted by Crippen LogP contribution is -2.46. The van der Waals surface area contributed by atoms with Gasteiger partial charge >= 0.3 is 12.0 Å². The maximum absolute atomic E-state index is 11.8. The van der Waals surface area contributed by atoms with Crippen LogP contribution >= 0.6 is 0 Å². The van der Waals surface area contributed by atoms with Gasteiger partial charge in [-0.15, -0.1) is 0 Å². The van der Waals surface area contributed by atoms with Gasteiger partial charge in [-0.3, -0.25) is 5.10 Å². The van der Waals surface area contributed by atoms with Crippen LogP contribution in [-0.4, -0.2) is 45.3 Å². The summed E-state index contributed by atoms with van der Waals surface area (Å²) in [5.74, 6) is -1.00. The second kappa shape index (κ2) is 6.04. The molecule has 0 radical (unpaired) electrons. The molecule has 1 unspecified atom stereocenters. The van der Waals surface area contributed by atoms with E-state index in [0.717, 1.165) is 11.3 Å². The number of carbonyl (C=O) groups excluding carboxylic acids is 1. The molecule has 7 heteroatoms. The predicted molar refractivity (Wildman–Crippen MR) is 65.0 cm³/mol. The summed E-state index contributed by atoms with van der Waals surface area (Å²) in [6, 6.07) is -1.22. The predicted octanol–water partition coefficient (Wildman–Crippen LogP) is 0.723. The number of H-pyrrole nitrogens is 1. The quantitative estimate of drug-likeness (QED) is 0.721. The Labute approximate surface area is 105 Å². The number of aromatic amines is 1. The molecule has 3 N–H and O–H groups in total. The number of carbonyl (C=O) groups is 2. The van der Waals surface area contributed by atoms with Gasteiger partial charge in [-0.2, -0.15) is 5.10 Å². The molecule has 1 rings (SSSR count). The van der Waals surface area contributed by atoms with Gasteiger partial charge in [0.25, 0.3) is 0 Å². The van der Waals surface area contributed by atoms with Gasteiger partial charge in [-0.05, 0) is 13.3 Å². The topological polar surface area (TPSA) is 98.3 Å². The largest absolute Gasteiger partial charge is 0.480 e. The van der Waals surface area contributed by atoms with Crippen LogP contribution in [0.3, 0.4) is 0 Å². The van der Waals surface area contributed by atoms with Crippen molar-refractivity contribution in [3.63, 3.8) is 0 Å². The Balaban J connectivity index is 2.55. The van der Waals surface area contributed by atoms with Crippen molar-refractivity contribution in [3.05, 3.63) is 17.5 Å². The van der Waals surface area contributed by atoms with Gasteiger partial charge in [0.05, 0.1) is 6.20 Å². The number of urea groups is 1. The lowest BCUT2D eigenvalue weighted by Gasteiger charge is -2.23. The minimum Gasteiger partial charge on any atom is -0.480 e. The van der Waals surface area contributed by atoms with E-state index < -0.39 is 18.0 Å². The first kappa shape index (κ1) is 14.0. The molecule has 18 heavy (non-hydrogen) atoms. The minimum absolute atomic E-state index is 0.321. The zero-order chi connectivity index (χ0) is 13.7. The van der Waals surface area contributed by atoms with Crippen molar-refractivity contribution in [1.82, 2.24) is 20.4 Å². The third kappa shape index (κ3) is 3.22. The van der Waals surface area contributed by atoms with Gasteiger partial charge in [0.1, 0.15) is 6.04 Å². The summed E-state index contributed by atoms with van der Waals surface area (Å²) < 4.78 is 0. The average molecular weight is 254 g/mol. The zero-order valence-corrected chi connectivity index (χ0v) is 10.7. The summed E-state index contributed by atoms with van der Waals surface area (Å²) in [4.78, 5) is 23.9. The maximum Gasteiger partial charge on any atom is 0.326 e. The van der Waals surface area contributed by atoms with Crippen molar-refractivity contribution in [2.24, 2.45) is 0 Å². The molecule has 1 atom stereocenters. The van der Waals surface area contributed by atoms with Crippen molar-refractivity contribution in [1.29, 1.82) is 0 Å². The summed E-state index contributed by atoms with van der Waals surface area (Å²) in [6.45, 7) is 3.90. The fourth-order valence-corrected chi connectivity index (χ4v) is 1.61. The van der Waals surface area contributed by atoms with Crippen LogP contribution in [0.1, 0.15) is 24.6 Å². The molecule has 2 amide bonds. The zero-order valence-electron chi connectivity index (χ0n) is 10.7. The van der Waals surface area contributed by atoms with Crippen LogP contribution in [0.4, 0.5) is 4.79 Å². The van der Waals surface area contributed by atoms with Crippen molar-refractivity contribution in [2.45, 2.75) is 32.9 Å². The highest BCUT2D eigenvalue weighted by Crippen LogP contribution is 2.04. The molecular formula is C11H18N4O3. The fraction of sp³-hybridized carbons (Fsp3) is 0.545. The molecule has 0 aliphatic rings. The number of hydrogen-bond acceptors (Lipinski definition) is 3. The summed E-state index contributed by atoms with van der Waals surface area (Å²) in [5, 5.41) is 18.2. The Morgan fingerprint density at radius 1 is 1.61 bits per heavy atom. The number of carboxylic acids is 1. The summed E-state index contributed by atoms with van der Waals surface area (Å²) in [6.07, 6.45) is 1.99. The monoisotopic (exact) mass is 254 g/mol. The van der Waals surface area contributed by atoms with Crippen molar-refractivity contribution < 1.29 is 14.7 Å². The molecular weight excluding hydrogens is 236 g/mol. The normalized spacial score (nSPS) is 11.9. The number of aryl methyl sites for hydroxylation is 1. The summed E-state index contributed by atoms with van der Waals surface area (Å²) in [7, 11) is 1.47. The number of aliphatic carboxylic acids is 1. The third-order valence-electron chi connectivity index (χ3n) is 2.82. The fourth-order valence-electron chi connectivity index (χ4n) is 1.61. The van der Waals surface area contributed by atoms with Crippen LogP contribution in [0.25, 0.3) is 0 Å². The lowest BCUT2D eigenvalue weighted by molar-refractivity contribution is -0.141. The summed E-state index contributed by atoms with van der Waals surface area (Å²) >= 11 is 0. The van der Waals surface area contributed by atoms with Crippen molar-refractivity contribution in [3.8, 4) is 0 Å².